The van der Waals surface area contributed by atoms with Gasteiger partial charge in [0.15, 0.2) is 0 Å². The van der Waals surface area contributed by atoms with Crippen molar-refractivity contribution in [2.45, 2.75) is 32.1 Å². The molecule has 0 aromatic rings. The minimum atomic E-state index is -0.844. The van der Waals surface area contributed by atoms with E-state index in [1.165, 1.54) is 38.4 Å². The van der Waals surface area contributed by atoms with E-state index in [1.807, 2.05) is 0 Å². The smallest absolute Gasteiger partial charge is 0.327 e. The molecule has 0 aliphatic carbocycles. The largest absolute Gasteiger partial charge is 0.478 e. The lowest BCUT2D eigenvalue weighted by Gasteiger charge is -2.25. The van der Waals surface area contributed by atoms with Crippen molar-refractivity contribution >= 4 is 5.97 Å². The Morgan fingerprint density at radius 2 is 2.00 bits per heavy atom. The maximum absolute atomic E-state index is 10.2. The topological polar surface area (TPSA) is 40.5 Å². The predicted molar refractivity (Wildman–Crippen MR) is 56.3 cm³/mol. The lowest BCUT2D eigenvalue weighted by molar-refractivity contribution is -0.131. The van der Waals surface area contributed by atoms with E-state index >= 15 is 0 Å². The Kier molecular flexibility index (Phi) is 5.30. The first-order valence-electron chi connectivity index (χ1n) is 5.41. The predicted octanol–water partition coefficient (Wildman–Crippen LogP) is 1.89. The highest BCUT2D eigenvalue weighted by atomic mass is 16.4. The number of allylic oxidation sites excluding steroid dienone is 1. The Hall–Kier alpha value is -0.830. The van der Waals surface area contributed by atoms with E-state index in [9.17, 15) is 4.79 Å². The number of aliphatic carboxylic acids is 1. The van der Waals surface area contributed by atoms with Crippen molar-refractivity contribution < 1.29 is 9.90 Å². The molecule has 1 aliphatic rings. The number of carbonyl (C=O) groups is 1. The van der Waals surface area contributed by atoms with Crippen LogP contribution in [0.4, 0.5) is 0 Å². The Morgan fingerprint density at radius 1 is 1.29 bits per heavy atom. The van der Waals surface area contributed by atoms with Crippen LogP contribution in [0.15, 0.2) is 12.2 Å². The van der Waals surface area contributed by atoms with Gasteiger partial charge >= 0.3 is 5.97 Å². The van der Waals surface area contributed by atoms with Gasteiger partial charge in [-0.25, -0.2) is 4.79 Å². The molecule has 3 nitrogen and oxygen atoms in total. The lowest BCUT2D eigenvalue weighted by Crippen LogP contribution is -2.30. The van der Waals surface area contributed by atoms with Crippen LogP contribution in [0.25, 0.3) is 0 Å². The minimum Gasteiger partial charge on any atom is -0.478 e. The van der Waals surface area contributed by atoms with Gasteiger partial charge in [0.2, 0.25) is 0 Å². The first-order chi connectivity index (χ1) is 6.79. The summed E-state index contributed by atoms with van der Waals surface area (Å²) in [6.45, 7) is 3.56. The number of likely N-dealkylation sites (tertiary alicyclic amines) is 1. The van der Waals surface area contributed by atoms with Crippen LogP contribution in [0.3, 0.4) is 0 Å². The number of unbranched alkanes of at least 4 members (excludes halogenated alkanes) is 1. The summed E-state index contributed by atoms with van der Waals surface area (Å²) in [4.78, 5) is 12.6. The summed E-state index contributed by atoms with van der Waals surface area (Å²) < 4.78 is 0. The van der Waals surface area contributed by atoms with E-state index in [0.29, 0.717) is 0 Å². The van der Waals surface area contributed by atoms with Gasteiger partial charge in [0, 0.05) is 6.08 Å². The van der Waals surface area contributed by atoms with Gasteiger partial charge in [0.25, 0.3) is 0 Å². The average molecular weight is 197 g/mol. The minimum absolute atomic E-state index is 0.844. The summed E-state index contributed by atoms with van der Waals surface area (Å²) in [6.07, 6.45) is 8.94. The third-order valence-electron chi connectivity index (χ3n) is 2.55. The van der Waals surface area contributed by atoms with Crippen LogP contribution in [0.1, 0.15) is 32.1 Å². The van der Waals surface area contributed by atoms with Gasteiger partial charge < -0.3 is 10.0 Å². The molecule has 0 amide bonds. The van der Waals surface area contributed by atoms with Crippen molar-refractivity contribution in [3.63, 3.8) is 0 Å². The number of nitrogens with zero attached hydrogens (tertiary/aromatic N) is 1. The quantitative estimate of drug-likeness (QED) is 0.540. The molecular weight excluding hydrogens is 178 g/mol. The molecule has 3 heteroatoms. The molecule has 1 heterocycles. The maximum atomic E-state index is 10.2. The Labute approximate surface area is 85.4 Å². The van der Waals surface area contributed by atoms with Gasteiger partial charge in [-0.3, -0.25) is 0 Å². The van der Waals surface area contributed by atoms with Crippen LogP contribution < -0.4 is 0 Å². The van der Waals surface area contributed by atoms with Crippen molar-refractivity contribution in [1.29, 1.82) is 0 Å². The Bertz CT molecular complexity index is 195. The van der Waals surface area contributed by atoms with Crippen molar-refractivity contribution in [3.8, 4) is 0 Å². The van der Waals surface area contributed by atoms with Gasteiger partial charge in [0.1, 0.15) is 0 Å². The van der Waals surface area contributed by atoms with E-state index in [-0.39, 0.29) is 0 Å². The first kappa shape index (κ1) is 11.2. The standard InChI is InChI=1S/C11H19NO2/c13-11(14)7-3-1-4-8-12-9-5-2-6-10-12/h3,7H,1-2,4-6,8-10H2,(H,13,14). The molecule has 14 heavy (non-hydrogen) atoms. The number of carboxylic acid groups (broad SMARTS) is 1. The molecular formula is C11H19NO2. The SMILES string of the molecule is O=C(O)C=CCCCN1CCCCC1. The van der Waals surface area contributed by atoms with Gasteiger partial charge in [-0.1, -0.05) is 12.5 Å². The molecule has 0 radical (unpaired) electrons. The highest BCUT2D eigenvalue weighted by Crippen LogP contribution is 2.09. The van der Waals surface area contributed by atoms with E-state index < -0.39 is 5.97 Å². The summed E-state index contributed by atoms with van der Waals surface area (Å²) in [5, 5.41) is 8.36. The molecule has 80 valence electrons. The summed E-state index contributed by atoms with van der Waals surface area (Å²) in [5.74, 6) is -0.844. The van der Waals surface area contributed by atoms with Crippen LogP contribution in [0, 0.1) is 0 Å². The first-order valence-corrected chi connectivity index (χ1v) is 5.41. The molecule has 1 N–H and O–H groups in total. The molecule has 1 fully saturated rings. The fourth-order valence-electron chi connectivity index (χ4n) is 1.80. The van der Waals surface area contributed by atoms with Crippen LogP contribution >= 0.6 is 0 Å². The molecule has 0 saturated carbocycles. The Balaban J connectivity index is 2.00. The van der Waals surface area contributed by atoms with E-state index in [4.69, 9.17) is 5.11 Å². The molecule has 0 atom stereocenters. The average Bonchev–Trinajstić information content (AvgIpc) is 2.18. The third-order valence-corrected chi connectivity index (χ3v) is 2.55. The molecule has 1 saturated heterocycles. The summed E-state index contributed by atoms with van der Waals surface area (Å²) >= 11 is 0. The van der Waals surface area contributed by atoms with Gasteiger partial charge in [-0.2, -0.15) is 0 Å². The normalized spacial score (nSPS) is 18.9. The van der Waals surface area contributed by atoms with Crippen LogP contribution in [0.5, 0.6) is 0 Å². The summed E-state index contributed by atoms with van der Waals surface area (Å²) in [7, 11) is 0. The van der Waals surface area contributed by atoms with Crippen molar-refractivity contribution in [1.82, 2.24) is 4.90 Å². The number of carboxylic acids is 1. The van der Waals surface area contributed by atoms with E-state index in [1.54, 1.807) is 6.08 Å². The molecule has 1 rings (SSSR count). The highest BCUT2D eigenvalue weighted by molar-refractivity contribution is 5.79. The van der Waals surface area contributed by atoms with Gasteiger partial charge in [-0.05, 0) is 45.3 Å². The fourth-order valence-corrected chi connectivity index (χ4v) is 1.80. The monoisotopic (exact) mass is 197 g/mol. The van der Waals surface area contributed by atoms with Crippen molar-refractivity contribution in [2.75, 3.05) is 19.6 Å². The number of rotatable bonds is 5. The number of hydrogen-bond acceptors (Lipinski definition) is 2. The molecule has 0 aromatic carbocycles. The third kappa shape index (κ3) is 5.02. The van der Waals surface area contributed by atoms with Crippen molar-refractivity contribution in [2.24, 2.45) is 0 Å². The van der Waals surface area contributed by atoms with Gasteiger partial charge in [-0.15, -0.1) is 0 Å². The maximum Gasteiger partial charge on any atom is 0.327 e. The fraction of sp³-hybridized carbons (Fsp3) is 0.727. The highest BCUT2D eigenvalue weighted by Gasteiger charge is 2.08. The molecule has 0 spiro atoms. The summed E-state index contributed by atoms with van der Waals surface area (Å²) in [5.41, 5.74) is 0. The number of piperidine rings is 1. The second-order valence-electron chi connectivity index (χ2n) is 3.79. The Morgan fingerprint density at radius 3 is 2.64 bits per heavy atom. The van der Waals surface area contributed by atoms with E-state index in [0.717, 1.165) is 19.4 Å². The zero-order valence-electron chi connectivity index (χ0n) is 8.61. The zero-order valence-corrected chi connectivity index (χ0v) is 8.61. The second-order valence-corrected chi connectivity index (χ2v) is 3.79. The van der Waals surface area contributed by atoms with Crippen LogP contribution in [-0.2, 0) is 4.79 Å². The molecule has 0 unspecified atom stereocenters. The molecule has 0 aromatic heterocycles. The molecule has 1 aliphatic heterocycles. The van der Waals surface area contributed by atoms with Gasteiger partial charge in [0.05, 0.1) is 0 Å². The van der Waals surface area contributed by atoms with Crippen LogP contribution in [-0.4, -0.2) is 35.6 Å². The molecule has 0 bridgehead atoms. The lowest BCUT2D eigenvalue weighted by atomic mass is 10.1. The second kappa shape index (κ2) is 6.60. The zero-order chi connectivity index (χ0) is 10.2. The van der Waals surface area contributed by atoms with Crippen LogP contribution in [0.2, 0.25) is 0 Å². The number of hydrogen-bond donors (Lipinski definition) is 1. The van der Waals surface area contributed by atoms with E-state index in [2.05, 4.69) is 4.90 Å². The van der Waals surface area contributed by atoms with Crippen molar-refractivity contribution in [3.05, 3.63) is 12.2 Å². The summed E-state index contributed by atoms with van der Waals surface area (Å²) in [6, 6.07) is 0.